The van der Waals surface area contributed by atoms with Crippen molar-refractivity contribution < 1.29 is 9.53 Å². The zero-order chi connectivity index (χ0) is 13.8. The SMILES string of the molecule is CCOC(=O)C(C)(CC)Nc1n[nH]c(=O)[nH]c1=O. The second-order valence-electron chi connectivity index (χ2n) is 3.89. The Kier molecular flexibility index (Phi) is 4.24. The summed E-state index contributed by atoms with van der Waals surface area (Å²) in [4.78, 5) is 36.1. The smallest absolute Gasteiger partial charge is 0.342 e. The molecule has 0 aliphatic heterocycles. The molecule has 1 atom stereocenters. The molecule has 1 heterocycles. The highest BCUT2D eigenvalue weighted by Gasteiger charge is 2.34. The Morgan fingerprint density at radius 2 is 2.11 bits per heavy atom. The largest absolute Gasteiger partial charge is 0.464 e. The molecule has 1 unspecified atom stereocenters. The number of esters is 1. The highest BCUT2D eigenvalue weighted by atomic mass is 16.5. The fraction of sp³-hybridized carbons (Fsp3) is 0.600. The highest BCUT2D eigenvalue weighted by molar-refractivity contribution is 5.83. The fourth-order valence-corrected chi connectivity index (χ4v) is 1.27. The molecule has 1 aromatic rings. The predicted molar refractivity (Wildman–Crippen MR) is 64.4 cm³/mol. The zero-order valence-corrected chi connectivity index (χ0v) is 10.5. The number of hydrogen-bond donors (Lipinski definition) is 3. The van der Waals surface area contributed by atoms with Gasteiger partial charge in [0, 0.05) is 0 Å². The van der Waals surface area contributed by atoms with Gasteiger partial charge in [0.1, 0.15) is 5.54 Å². The molecule has 0 fully saturated rings. The molecule has 0 aromatic carbocycles. The van der Waals surface area contributed by atoms with Crippen LogP contribution in [0.1, 0.15) is 27.2 Å². The van der Waals surface area contributed by atoms with Crippen molar-refractivity contribution in [3.63, 3.8) is 0 Å². The molecule has 1 rings (SSSR count). The van der Waals surface area contributed by atoms with Gasteiger partial charge >= 0.3 is 11.7 Å². The van der Waals surface area contributed by atoms with Crippen LogP contribution in [0.15, 0.2) is 9.59 Å². The average Bonchev–Trinajstić information content (AvgIpc) is 2.33. The first-order valence-electron chi connectivity index (χ1n) is 5.57. The topological polar surface area (TPSA) is 117 Å². The number of aromatic nitrogens is 3. The van der Waals surface area contributed by atoms with E-state index in [0.29, 0.717) is 6.42 Å². The number of nitrogens with zero attached hydrogens (tertiary/aromatic N) is 1. The van der Waals surface area contributed by atoms with Gasteiger partial charge in [-0.2, -0.15) is 0 Å². The number of ether oxygens (including phenoxy) is 1. The van der Waals surface area contributed by atoms with E-state index >= 15 is 0 Å². The van der Waals surface area contributed by atoms with Crippen molar-refractivity contribution in [3.8, 4) is 0 Å². The number of carbonyl (C=O) groups is 1. The predicted octanol–water partition coefficient (Wildman–Crippen LogP) is -0.398. The molecule has 3 N–H and O–H groups in total. The number of aromatic amines is 2. The fourth-order valence-electron chi connectivity index (χ4n) is 1.27. The standard InChI is InChI=1S/C10H16N4O4/c1-4-10(3,8(16)18-5-2)12-6-7(15)11-9(17)14-13-6/h4-5H2,1-3H3,(H,12,13)(H2,11,14,15,17). The maximum absolute atomic E-state index is 11.8. The Bertz CT molecular complexity index is 535. The van der Waals surface area contributed by atoms with Gasteiger partial charge < -0.3 is 10.1 Å². The molecule has 0 saturated carbocycles. The normalized spacial score (nSPS) is 13.7. The third-order valence-electron chi connectivity index (χ3n) is 2.54. The Labute approximate surface area is 103 Å². The first-order valence-corrected chi connectivity index (χ1v) is 5.57. The van der Waals surface area contributed by atoms with Crippen LogP contribution < -0.4 is 16.6 Å². The Hall–Kier alpha value is -2.12. The van der Waals surface area contributed by atoms with Crippen LogP contribution in [-0.2, 0) is 9.53 Å². The first-order chi connectivity index (χ1) is 8.42. The van der Waals surface area contributed by atoms with Crippen molar-refractivity contribution in [3.05, 3.63) is 20.8 Å². The van der Waals surface area contributed by atoms with Crippen molar-refractivity contribution in [2.75, 3.05) is 11.9 Å². The van der Waals surface area contributed by atoms with Gasteiger partial charge in [-0.05, 0) is 20.3 Å². The molecule has 100 valence electrons. The van der Waals surface area contributed by atoms with Crippen LogP contribution in [0, 0.1) is 0 Å². The van der Waals surface area contributed by atoms with Crippen molar-refractivity contribution in [1.29, 1.82) is 0 Å². The highest BCUT2D eigenvalue weighted by Crippen LogP contribution is 2.16. The molecular weight excluding hydrogens is 240 g/mol. The van der Waals surface area contributed by atoms with Gasteiger partial charge in [0.15, 0.2) is 0 Å². The molecule has 18 heavy (non-hydrogen) atoms. The lowest BCUT2D eigenvalue weighted by molar-refractivity contribution is -0.148. The van der Waals surface area contributed by atoms with Crippen LogP contribution in [0.25, 0.3) is 0 Å². The number of nitrogens with one attached hydrogen (secondary N) is 3. The van der Waals surface area contributed by atoms with E-state index in [4.69, 9.17) is 4.74 Å². The number of anilines is 1. The molecule has 8 nitrogen and oxygen atoms in total. The summed E-state index contributed by atoms with van der Waals surface area (Å²) < 4.78 is 4.92. The van der Waals surface area contributed by atoms with Gasteiger partial charge in [0.25, 0.3) is 5.56 Å². The minimum atomic E-state index is -1.08. The van der Waals surface area contributed by atoms with Crippen LogP contribution in [0.2, 0.25) is 0 Å². The van der Waals surface area contributed by atoms with Crippen molar-refractivity contribution >= 4 is 11.8 Å². The number of H-pyrrole nitrogens is 2. The van der Waals surface area contributed by atoms with Crippen LogP contribution in [0.3, 0.4) is 0 Å². The summed E-state index contributed by atoms with van der Waals surface area (Å²) in [7, 11) is 0. The third-order valence-corrected chi connectivity index (χ3v) is 2.54. The number of hydrogen-bond acceptors (Lipinski definition) is 6. The van der Waals surface area contributed by atoms with E-state index in [2.05, 4.69) is 15.5 Å². The molecule has 0 spiro atoms. The van der Waals surface area contributed by atoms with E-state index in [9.17, 15) is 14.4 Å². The Morgan fingerprint density at radius 1 is 1.44 bits per heavy atom. The number of carbonyl (C=O) groups excluding carboxylic acids is 1. The molecule has 0 radical (unpaired) electrons. The van der Waals surface area contributed by atoms with E-state index in [0.717, 1.165) is 0 Å². The third kappa shape index (κ3) is 2.96. The minimum Gasteiger partial charge on any atom is -0.464 e. The molecule has 8 heteroatoms. The van der Waals surface area contributed by atoms with Gasteiger partial charge in [0.05, 0.1) is 6.61 Å². The van der Waals surface area contributed by atoms with Crippen LogP contribution in [-0.4, -0.2) is 33.3 Å². The molecule has 0 aliphatic carbocycles. The van der Waals surface area contributed by atoms with Crippen molar-refractivity contribution in [1.82, 2.24) is 15.2 Å². The lowest BCUT2D eigenvalue weighted by Gasteiger charge is -2.26. The maximum atomic E-state index is 11.8. The second-order valence-corrected chi connectivity index (χ2v) is 3.89. The van der Waals surface area contributed by atoms with E-state index in [1.165, 1.54) is 0 Å². The van der Waals surface area contributed by atoms with Gasteiger partial charge in [-0.1, -0.05) is 6.92 Å². The van der Waals surface area contributed by atoms with E-state index < -0.39 is 22.8 Å². The Balaban J connectivity index is 3.02. The summed E-state index contributed by atoms with van der Waals surface area (Å²) >= 11 is 0. The van der Waals surface area contributed by atoms with Crippen LogP contribution in [0.5, 0.6) is 0 Å². The maximum Gasteiger partial charge on any atom is 0.342 e. The summed E-state index contributed by atoms with van der Waals surface area (Å²) in [5.74, 6) is -0.619. The van der Waals surface area contributed by atoms with Crippen LogP contribution >= 0.6 is 0 Å². The second kappa shape index (κ2) is 5.48. The van der Waals surface area contributed by atoms with E-state index in [1.807, 2.05) is 4.98 Å². The average molecular weight is 256 g/mol. The first kappa shape index (κ1) is 13.9. The summed E-state index contributed by atoms with van der Waals surface area (Å²) in [6, 6.07) is 0. The van der Waals surface area contributed by atoms with E-state index in [-0.39, 0.29) is 12.4 Å². The van der Waals surface area contributed by atoms with Gasteiger partial charge in [-0.25, -0.2) is 14.7 Å². The molecule has 0 aliphatic rings. The lowest BCUT2D eigenvalue weighted by Crippen LogP contribution is -2.46. The summed E-state index contributed by atoms with van der Waals surface area (Å²) in [6.07, 6.45) is 0.395. The van der Waals surface area contributed by atoms with Crippen molar-refractivity contribution in [2.45, 2.75) is 32.7 Å². The zero-order valence-electron chi connectivity index (χ0n) is 10.5. The lowest BCUT2D eigenvalue weighted by atomic mass is 9.99. The quantitative estimate of drug-likeness (QED) is 0.617. The minimum absolute atomic E-state index is 0.132. The summed E-state index contributed by atoms with van der Waals surface area (Å²) in [5, 5.41) is 8.32. The number of rotatable bonds is 5. The molecule has 0 bridgehead atoms. The molecular formula is C10H16N4O4. The van der Waals surface area contributed by atoms with Crippen molar-refractivity contribution in [2.24, 2.45) is 0 Å². The van der Waals surface area contributed by atoms with E-state index in [1.54, 1.807) is 20.8 Å². The van der Waals surface area contributed by atoms with Gasteiger partial charge in [-0.15, -0.1) is 5.10 Å². The summed E-state index contributed by atoms with van der Waals surface area (Å²) in [5.41, 5.74) is -2.48. The molecule has 0 saturated heterocycles. The monoisotopic (exact) mass is 256 g/mol. The summed E-state index contributed by atoms with van der Waals surface area (Å²) in [6.45, 7) is 5.30. The van der Waals surface area contributed by atoms with Gasteiger partial charge in [0.2, 0.25) is 5.82 Å². The van der Waals surface area contributed by atoms with Gasteiger partial charge in [-0.3, -0.25) is 9.78 Å². The molecule has 0 amide bonds. The van der Waals surface area contributed by atoms with Crippen LogP contribution in [0.4, 0.5) is 5.82 Å². The molecule has 1 aromatic heterocycles. The Morgan fingerprint density at radius 3 is 2.61 bits per heavy atom.